The van der Waals surface area contributed by atoms with Crippen LogP contribution in [0.2, 0.25) is 0 Å². The maximum absolute atomic E-state index is 13.9. The number of hydrogen-bond donors (Lipinski definition) is 2. The Morgan fingerprint density at radius 3 is 2.34 bits per heavy atom. The number of carbonyl (C=O) groups is 3. The van der Waals surface area contributed by atoms with Crippen molar-refractivity contribution in [2.24, 2.45) is 16.7 Å². The summed E-state index contributed by atoms with van der Waals surface area (Å²) in [6.07, 6.45) is 1.34. The van der Waals surface area contributed by atoms with Crippen LogP contribution in [0.5, 0.6) is 0 Å². The van der Waals surface area contributed by atoms with Crippen LogP contribution >= 0.6 is 0 Å². The van der Waals surface area contributed by atoms with E-state index in [0.29, 0.717) is 29.8 Å². The fourth-order valence-corrected chi connectivity index (χ4v) is 6.96. The first-order valence-electron chi connectivity index (χ1n) is 13.5. The first kappa shape index (κ1) is 28.5. The van der Waals surface area contributed by atoms with Crippen LogP contribution in [-0.4, -0.2) is 42.2 Å². The van der Waals surface area contributed by atoms with Gasteiger partial charge in [-0.15, -0.1) is 0 Å². The minimum Gasteiger partial charge on any atom is -0.337 e. The van der Waals surface area contributed by atoms with Gasteiger partial charge in [-0.1, -0.05) is 56.3 Å². The van der Waals surface area contributed by atoms with Crippen LogP contribution in [0.4, 0.5) is 11.6 Å². The van der Waals surface area contributed by atoms with Crippen LogP contribution in [0, 0.1) is 30.6 Å². The number of hydrogen-bond acceptors (Lipinski definition) is 7. The Hall–Kier alpha value is -3.99. The van der Waals surface area contributed by atoms with Gasteiger partial charge in [0.2, 0.25) is 23.6 Å². The van der Waals surface area contributed by atoms with Gasteiger partial charge in [-0.25, -0.2) is 13.1 Å². The Labute approximate surface area is 239 Å². The van der Waals surface area contributed by atoms with Gasteiger partial charge in [-0.3, -0.25) is 19.3 Å². The van der Waals surface area contributed by atoms with E-state index in [1.165, 1.54) is 29.2 Å². The molecule has 1 aliphatic carbocycles. The lowest BCUT2D eigenvalue weighted by Crippen LogP contribution is -2.64. The molecule has 0 radical (unpaired) electrons. The lowest BCUT2D eigenvalue weighted by atomic mass is 9.62. The summed E-state index contributed by atoms with van der Waals surface area (Å²) in [5.41, 5.74) is 1.01. The molecule has 2 aromatic carbocycles. The Morgan fingerprint density at radius 2 is 1.73 bits per heavy atom. The Bertz CT molecular complexity index is 1610. The molecule has 2 bridgehead atoms. The minimum atomic E-state index is -3.97. The highest BCUT2D eigenvalue weighted by atomic mass is 32.2. The average Bonchev–Trinajstić information content (AvgIpc) is 3.33. The molecule has 1 aromatic heterocycles. The molecule has 2 fully saturated rings. The van der Waals surface area contributed by atoms with Crippen LogP contribution in [0.15, 0.2) is 64.0 Å². The zero-order chi connectivity index (χ0) is 29.7. The van der Waals surface area contributed by atoms with Crippen molar-refractivity contribution in [3.63, 3.8) is 0 Å². The third-order valence-electron chi connectivity index (χ3n) is 9.16. The molecule has 216 valence electrons. The molecule has 3 amide bonds. The van der Waals surface area contributed by atoms with Gasteiger partial charge in [0.05, 0.1) is 16.0 Å². The van der Waals surface area contributed by atoms with Gasteiger partial charge in [-0.2, -0.15) is 0 Å². The maximum Gasteiger partial charge on any atom is 0.264 e. The molecule has 1 saturated carbocycles. The number of benzene rings is 2. The summed E-state index contributed by atoms with van der Waals surface area (Å²) in [6, 6.07) is 13.8. The van der Waals surface area contributed by atoms with Crippen LogP contribution in [0.3, 0.4) is 0 Å². The molecule has 2 aliphatic rings. The number of amides is 3. The van der Waals surface area contributed by atoms with E-state index < -0.39 is 32.8 Å². The number of fused-ring (bicyclic) bond motifs is 2. The van der Waals surface area contributed by atoms with E-state index in [-0.39, 0.29) is 34.9 Å². The molecule has 2 heterocycles. The summed E-state index contributed by atoms with van der Waals surface area (Å²) in [7, 11) is -3.97. The second-order valence-electron chi connectivity index (χ2n) is 11.7. The lowest BCUT2D eigenvalue weighted by Gasteiger charge is -2.49. The van der Waals surface area contributed by atoms with Crippen molar-refractivity contribution in [3.8, 4) is 0 Å². The molecular weight excluding hydrogens is 544 g/mol. The average molecular weight is 579 g/mol. The second-order valence-corrected chi connectivity index (χ2v) is 13.4. The number of anilines is 2. The van der Waals surface area contributed by atoms with Crippen molar-refractivity contribution in [1.29, 1.82) is 0 Å². The zero-order valence-corrected chi connectivity index (χ0v) is 24.5. The summed E-state index contributed by atoms with van der Waals surface area (Å²) < 4.78 is 33.2. The molecule has 41 heavy (non-hydrogen) atoms. The standard InChI is InChI=1S/C30H34N4O6S/c1-18-19(2)32-40-26(18)33-41(38,39)22-13-11-21(12-14-22)31-25(35)24(17-20-9-7-6-8-10-20)34-27(36)23-15-16-30(5,28(34)37)29(23,3)4/h6-14,23-24,33H,15-17H2,1-5H3,(H,31,35). The number of likely N-dealkylation sites (tertiary alicyclic amines) is 1. The Kier molecular flexibility index (Phi) is 7.05. The topological polar surface area (TPSA) is 139 Å². The maximum atomic E-state index is 13.9. The van der Waals surface area contributed by atoms with Crippen molar-refractivity contribution >= 4 is 39.3 Å². The predicted molar refractivity (Wildman–Crippen MR) is 152 cm³/mol. The third-order valence-corrected chi connectivity index (χ3v) is 10.5. The molecular formula is C30H34N4O6S. The molecule has 3 atom stereocenters. The summed E-state index contributed by atoms with van der Waals surface area (Å²) in [5.74, 6) is -1.51. The van der Waals surface area contributed by atoms with Crippen LogP contribution in [0.25, 0.3) is 0 Å². The Morgan fingerprint density at radius 1 is 1.07 bits per heavy atom. The third kappa shape index (κ3) is 4.81. The summed E-state index contributed by atoms with van der Waals surface area (Å²) in [5, 5.41) is 6.56. The van der Waals surface area contributed by atoms with Crippen molar-refractivity contribution in [1.82, 2.24) is 10.1 Å². The van der Waals surface area contributed by atoms with Gasteiger partial charge >= 0.3 is 0 Å². The number of imide groups is 1. The van der Waals surface area contributed by atoms with E-state index in [1.54, 1.807) is 13.8 Å². The van der Waals surface area contributed by atoms with Gasteiger partial charge < -0.3 is 9.84 Å². The summed E-state index contributed by atoms with van der Waals surface area (Å²) in [6.45, 7) is 9.20. The number of rotatable bonds is 8. The van der Waals surface area contributed by atoms with Gasteiger partial charge in [0.25, 0.3) is 10.0 Å². The quantitative estimate of drug-likeness (QED) is 0.377. The van der Waals surface area contributed by atoms with E-state index in [0.717, 1.165) is 5.56 Å². The van der Waals surface area contributed by atoms with E-state index in [2.05, 4.69) is 15.2 Å². The summed E-state index contributed by atoms with van der Waals surface area (Å²) in [4.78, 5) is 42.5. The molecule has 3 aromatic rings. The molecule has 10 nitrogen and oxygen atoms in total. The molecule has 1 saturated heterocycles. The van der Waals surface area contributed by atoms with Crippen molar-refractivity contribution in [3.05, 3.63) is 71.4 Å². The van der Waals surface area contributed by atoms with E-state index in [9.17, 15) is 22.8 Å². The number of sulfonamides is 1. The molecule has 1 aliphatic heterocycles. The smallest absolute Gasteiger partial charge is 0.264 e. The van der Waals surface area contributed by atoms with Gasteiger partial charge in [0, 0.05) is 23.6 Å². The SMILES string of the molecule is Cc1noc(NS(=O)(=O)c2ccc(NC(=O)C(Cc3ccccc3)N3C(=O)C4CCC(C)(C3=O)C4(C)C)cc2)c1C. The fraction of sp³-hybridized carbons (Fsp3) is 0.400. The van der Waals surface area contributed by atoms with Crippen LogP contribution in [-0.2, 0) is 30.8 Å². The first-order chi connectivity index (χ1) is 19.3. The highest BCUT2D eigenvalue weighted by molar-refractivity contribution is 7.92. The van der Waals surface area contributed by atoms with Crippen molar-refractivity contribution in [2.75, 3.05) is 10.0 Å². The first-order valence-corrected chi connectivity index (χ1v) is 15.0. The lowest BCUT2D eigenvalue weighted by molar-refractivity contribution is -0.172. The van der Waals surface area contributed by atoms with Crippen LogP contribution < -0.4 is 10.0 Å². The summed E-state index contributed by atoms with van der Waals surface area (Å²) >= 11 is 0. The predicted octanol–water partition coefficient (Wildman–Crippen LogP) is 4.45. The van der Waals surface area contributed by atoms with Crippen LogP contribution in [0.1, 0.15) is 50.4 Å². The molecule has 5 rings (SSSR count). The number of aromatic nitrogens is 1. The van der Waals surface area contributed by atoms with Crippen molar-refractivity contribution in [2.45, 2.75) is 64.8 Å². The van der Waals surface area contributed by atoms with E-state index in [4.69, 9.17) is 4.52 Å². The van der Waals surface area contributed by atoms with Crippen molar-refractivity contribution < 1.29 is 27.3 Å². The molecule has 0 spiro atoms. The molecule has 2 N–H and O–H groups in total. The highest BCUT2D eigenvalue weighted by Crippen LogP contribution is 2.60. The number of carbonyl (C=O) groups excluding carboxylic acids is 3. The fourth-order valence-electron chi connectivity index (χ4n) is 5.92. The zero-order valence-electron chi connectivity index (χ0n) is 23.7. The normalized spacial score (nSPS) is 22.5. The monoisotopic (exact) mass is 578 g/mol. The van der Waals surface area contributed by atoms with E-state index >= 15 is 0 Å². The number of piperidine rings is 1. The molecule has 11 heteroatoms. The number of aryl methyl sites for hydroxylation is 1. The second kappa shape index (κ2) is 10.1. The minimum absolute atomic E-state index is 0.0327. The van der Waals surface area contributed by atoms with Gasteiger partial charge in [0.1, 0.15) is 6.04 Å². The number of nitrogens with zero attached hydrogens (tertiary/aromatic N) is 2. The van der Waals surface area contributed by atoms with Gasteiger partial charge in [0.15, 0.2) is 0 Å². The van der Waals surface area contributed by atoms with E-state index in [1.807, 2.05) is 51.1 Å². The Balaban J connectivity index is 1.40. The highest BCUT2D eigenvalue weighted by Gasteiger charge is 2.65. The van der Waals surface area contributed by atoms with Gasteiger partial charge in [-0.05, 0) is 61.9 Å². The number of nitrogens with one attached hydrogen (secondary N) is 2. The largest absolute Gasteiger partial charge is 0.337 e. The molecule has 3 unspecified atom stereocenters.